The summed E-state index contributed by atoms with van der Waals surface area (Å²) in [5, 5.41) is 3.96. The number of nitrogens with two attached hydrogens (primary N) is 1. The van der Waals surface area contributed by atoms with Crippen LogP contribution in [0.4, 0.5) is 0 Å². The molecule has 0 aliphatic rings. The lowest BCUT2D eigenvalue weighted by Crippen LogP contribution is -2.10. The van der Waals surface area contributed by atoms with E-state index in [1.165, 1.54) is 0 Å². The van der Waals surface area contributed by atoms with Gasteiger partial charge in [0.15, 0.2) is 5.82 Å². The second kappa shape index (κ2) is 6.33. The Morgan fingerprint density at radius 2 is 2.05 bits per heavy atom. The van der Waals surface area contributed by atoms with Crippen molar-refractivity contribution in [1.29, 1.82) is 0 Å². The van der Waals surface area contributed by atoms with Gasteiger partial charge in [-0.25, -0.2) is 0 Å². The van der Waals surface area contributed by atoms with E-state index in [0.717, 1.165) is 24.2 Å². The lowest BCUT2D eigenvalue weighted by Gasteiger charge is -2.02. The molecule has 0 amide bonds. The second-order valence-electron chi connectivity index (χ2n) is 4.47. The van der Waals surface area contributed by atoms with E-state index >= 15 is 0 Å². The fourth-order valence-corrected chi connectivity index (χ4v) is 1.85. The fourth-order valence-electron chi connectivity index (χ4n) is 1.85. The molecule has 0 aliphatic heterocycles. The first kappa shape index (κ1) is 13.5. The topological polar surface area (TPSA) is 74.2 Å². The van der Waals surface area contributed by atoms with Gasteiger partial charge < -0.3 is 15.0 Å². The molecule has 1 heterocycles. The molecule has 1 aromatic carbocycles. The van der Waals surface area contributed by atoms with Crippen LogP contribution < -0.4 is 10.5 Å². The van der Waals surface area contributed by atoms with E-state index in [1.54, 1.807) is 7.11 Å². The van der Waals surface area contributed by atoms with E-state index < -0.39 is 0 Å². The first-order valence-electron chi connectivity index (χ1n) is 6.44. The molecule has 0 bridgehead atoms. The molecular formula is C14H19N3O2. The van der Waals surface area contributed by atoms with Gasteiger partial charge in [-0.2, -0.15) is 4.98 Å². The van der Waals surface area contributed by atoms with Gasteiger partial charge in [0, 0.05) is 6.42 Å². The number of methoxy groups -OCH3 is 1. The van der Waals surface area contributed by atoms with Crippen molar-refractivity contribution in [2.75, 3.05) is 7.11 Å². The van der Waals surface area contributed by atoms with E-state index in [9.17, 15) is 0 Å². The van der Waals surface area contributed by atoms with Crippen LogP contribution in [0.15, 0.2) is 28.8 Å². The third-order valence-electron chi connectivity index (χ3n) is 2.92. The van der Waals surface area contributed by atoms with Gasteiger partial charge in [-0.15, -0.1) is 0 Å². The Hall–Kier alpha value is -1.88. The molecule has 102 valence electrons. The van der Waals surface area contributed by atoms with Crippen LogP contribution in [-0.2, 0) is 6.42 Å². The number of aromatic nitrogens is 2. The van der Waals surface area contributed by atoms with Crippen molar-refractivity contribution in [2.45, 2.75) is 32.2 Å². The van der Waals surface area contributed by atoms with E-state index in [0.29, 0.717) is 18.1 Å². The summed E-state index contributed by atoms with van der Waals surface area (Å²) in [5.74, 6) is 2.01. The molecule has 0 saturated carbocycles. The Kier molecular flexibility index (Phi) is 4.52. The van der Waals surface area contributed by atoms with Crippen molar-refractivity contribution < 1.29 is 9.26 Å². The average Bonchev–Trinajstić information content (AvgIpc) is 2.88. The second-order valence-corrected chi connectivity index (χ2v) is 4.47. The third-order valence-corrected chi connectivity index (χ3v) is 2.92. The highest BCUT2D eigenvalue weighted by atomic mass is 16.5. The predicted molar refractivity (Wildman–Crippen MR) is 71.9 cm³/mol. The van der Waals surface area contributed by atoms with E-state index in [1.807, 2.05) is 24.3 Å². The number of nitrogens with zero attached hydrogens (tertiary/aromatic N) is 2. The van der Waals surface area contributed by atoms with Gasteiger partial charge in [0.05, 0.1) is 13.2 Å². The number of rotatable bonds is 6. The minimum absolute atomic E-state index is 0.165. The lowest BCUT2D eigenvalue weighted by atomic mass is 10.1. The molecule has 5 heteroatoms. The maximum absolute atomic E-state index is 5.94. The van der Waals surface area contributed by atoms with Crippen molar-refractivity contribution in [1.82, 2.24) is 10.1 Å². The van der Waals surface area contributed by atoms with Gasteiger partial charge in [0.1, 0.15) is 5.75 Å². The predicted octanol–water partition coefficient (Wildman–Crippen LogP) is 2.47. The summed E-state index contributed by atoms with van der Waals surface area (Å²) >= 11 is 0. The maximum atomic E-state index is 5.94. The molecule has 19 heavy (non-hydrogen) atoms. The van der Waals surface area contributed by atoms with Gasteiger partial charge in [-0.3, -0.25) is 0 Å². The largest absolute Gasteiger partial charge is 0.497 e. The molecule has 0 fully saturated rings. The van der Waals surface area contributed by atoms with Crippen LogP contribution in [0.5, 0.6) is 5.75 Å². The Morgan fingerprint density at radius 1 is 1.32 bits per heavy atom. The van der Waals surface area contributed by atoms with Crippen LogP contribution in [-0.4, -0.2) is 17.3 Å². The molecule has 2 N–H and O–H groups in total. The smallest absolute Gasteiger partial charge is 0.243 e. The van der Waals surface area contributed by atoms with Crippen molar-refractivity contribution in [3.05, 3.63) is 41.5 Å². The van der Waals surface area contributed by atoms with Crippen molar-refractivity contribution in [3.8, 4) is 5.75 Å². The van der Waals surface area contributed by atoms with Gasteiger partial charge in [0.2, 0.25) is 5.89 Å². The Labute approximate surface area is 112 Å². The number of benzene rings is 1. The van der Waals surface area contributed by atoms with Crippen LogP contribution in [0.3, 0.4) is 0 Å². The molecule has 2 rings (SSSR count). The van der Waals surface area contributed by atoms with E-state index in [2.05, 4.69) is 17.1 Å². The molecule has 5 nitrogen and oxygen atoms in total. The standard InChI is InChI=1S/C14H19N3O2/c1-3-4-12(15)14-16-13(17-19-14)9-10-5-7-11(18-2)8-6-10/h5-8,12H,3-4,9,15H2,1-2H3/t12-/m0/s1. The van der Waals surface area contributed by atoms with Crippen LogP contribution in [0, 0.1) is 0 Å². The molecule has 0 aliphatic carbocycles. The third kappa shape index (κ3) is 3.54. The molecule has 0 unspecified atom stereocenters. The highest BCUT2D eigenvalue weighted by Gasteiger charge is 2.13. The summed E-state index contributed by atoms with van der Waals surface area (Å²) in [5.41, 5.74) is 7.05. The molecule has 2 aromatic rings. The molecular weight excluding hydrogens is 242 g/mol. The highest BCUT2D eigenvalue weighted by Crippen LogP contribution is 2.16. The number of hydrogen-bond donors (Lipinski definition) is 1. The SMILES string of the molecule is CCC[C@H](N)c1nc(Cc2ccc(OC)cc2)no1. The molecule has 1 aromatic heterocycles. The lowest BCUT2D eigenvalue weighted by molar-refractivity contribution is 0.345. The summed E-state index contributed by atoms with van der Waals surface area (Å²) in [6, 6.07) is 7.64. The zero-order valence-electron chi connectivity index (χ0n) is 11.3. The average molecular weight is 261 g/mol. The maximum Gasteiger partial charge on any atom is 0.243 e. The quantitative estimate of drug-likeness (QED) is 0.864. The van der Waals surface area contributed by atoms with Crippen molar-refractivity contribution in [2.24, 2.45) is 5.73 Å². The summed E-state index contributed by atoms with van der Waals surface area (Å²) in [4.78, 5) is 4.33. The summed E-state index contributed by atoms with van der Waals surface area (Å²) in [7, 11) is 1.65. The van der Waals surface area contributed by atoms with Crippen molar-refractivity contribution in [3.63, 3.8) is 0 Å². The Morgan fingerprint density at radius 3 is 2.68 bits per heavy atom. The van der Waals surface area contributed by atoms with Gasteiger partial charge in [-0.1, -0.05) is 30.6 Å². The zero-order valence-corrected chi connectivity index (χ0v) is 11.3. The van der Waals surface area contributed by atoms with Crippen molar-refractivity contribution >= 4 is 0 Å². The number of ether oxygens (including phenoxy) is 1. The van der Waals surface area contributed by atoms with Crippen LogP contribution >= 0.6 is 0 Å². The highest BCUT2D eigenvalue weighted by molar-refractivity contribution is 5.28. The number of hydrogen-bond acceptors (Lipinski definition) is 5. The van der Waals surface area contributed by atoms with Crippen LogP contribution in [0.2, 0.25) is 0 Å². The summed E-state index contributed by atoms with van der Waals surface area (Å²) < 4.78 is 10.3. The van der Waals surface area contributed by atoms with E-state index in [4.69, 9.17) is 15.0 Å². The summed E-state index contributed by atoms with van der Waals surface area (Å²) in [6.07, 6.45) is 2.48. The minimum Gasteiger partial charge on any atom is -0.497 e. The van der Waals surface area contributed by atoms with E-state index in [-0.39, 0.29) is 6.04 Å². The van der Waals surface area contributed by atoms with Gasteiger partial charge in [-0.05, 0) is 24.1 Å². The van der Waals surface area contributed by atoms with Gasteiger partial charge >= 0.3 is 0 Å². The Balaban J connectivity index is 2.02. The van der Waals surface area contributed by atoms with Crippen LogP contribution in [0.1, 0.15) is 43.1 Å². The molecule has 0 saturated heterocycles. The Bertz CT molecular complexity index is 508. The van der Waals surface area contributed by atoms with Gasteiger partial charge in [0.25, 0.3) is 0 Å². The minimum atomic E-state index is -0.165. The fraction of sp³-hybridized carbons (Fsp3) is 0.429. The normalized spacial score (nSPS) is 12.4. The van der Waals surface area contributed by atoms with Crippen LogP contribution in [0.25, 0.3) is 0 Å². The summed E-state index contributed by atoms with van der Waals surface area (Å²) in [6.45, 7) is 2.08. The first-order valence-corrected chi connectivity index (χ1v) is 6.44. The monoisotopic (exact) mass is 261 g/mol. The first-order chi connectivity index (χ1) is 9.22. The molecule has 0 radical (unpaired) electrons. The molecule has 1 atom stereocenters. The molecule has 0 spiro atoms. The zero-order chi connectivity index (χ0) is 13.7.